The number of anilines is 4. The summed E-state index contributed by atoms with van der Waals surface area (Å²) in [5.41, 5.74) is 3.61. The van der Waals surface area contributed by atoms with Gasteiger partial charge in [-0.15, -0.1) is 11.3 Å². The zero-order valence-electron chi connectivity index (χ0n) is 15.5. The molecule has 0 radical (unpaired) electrons. The number of hydrogen-bond acceptors (Lipinski definition) is 6. The summed E-state index contributed by atoms with van der Waals surface area (Å²) >= 11 is 1.66. The van der Waals surface area contributed by atoms with Crippen molar-refractivity contribution in [3.8, 4) is 5.75 Å². The molecule has 5 nitrogen and oxygen atoms in total. The molecule has 6 heteroatoms. The maximum absolute atomic E-state index is 9.45. The van der Waals surface area contributed by atoms with Crippen LogP contribution in [0.1, 0.15) is 6.92 Å². The van der Waals surface area contributed by atoms with Crippen molar-refractivity contribution in [2.24, 2.45) is 0 Å². The fraction of sp³-hybridized carbons (Fsp3) is 0.286. The van der Waals surface area contributed by atoms with Gasteiger partial charge < -0.3 is 19.8 Å². The molecule has 140 valence electrons. The van der Waals surface area contributed by atoms with E-state index >= 15 is 0 Å². The smallest absolute Gasteiger partial charge is 0.189 e. The van der Waals surface area contributed by atoms with Gasteiger partial charge in [-0.1, -0.05) is 0 Å². The molecule has 2 heterocycles. The largest absolute Gasteiger partial charge is 0.508 e. The molecule has 1 aliphatic heterocycles. The van der Waals surface area contributed by atoms with Crippen molar-refractivity contribution in [2.45, 2.75) is 6.92 Å². The quantitative estimate of drug-likeness (QED) is 0.713. The van der Waals surface area contributed by atoms with E-state index in [2.05, 4.69) is 50.9 Å². The molecule has 27 heavy (non-hydrogen) atoms. The van der Waals surface area contributed by atoms with Gasteiger partial charge >= 0.3 is 0 Å². The molecule has 1 aliphatic rings. The predicted molar refractivity (Wildman–Crippen MR) is 114 cm³/mol. The monoisotopic (exact) mass is 380 g/mol. The van der Waals surface area contributed by atoms with E-state index in [4.69, 9.17) is 0 Å². The Morgan fingerprint density at radius 2 is 1.48 bits per heavy atom. The first-order valence-electron chi connectivity index (χ1n) is 9.30. The Kier molecular flexibility index (Phi) is 5.16. The molecule has 1 aromatic heterocycles. The number of aromatic nitrogens is 1. The first-order chi connectivity index (χ1) is 13.2. The van der Waals surface area contributed by atoms with Crippen LogP contribution in [0.3, 0.4) is 0 Å². The number of aromatic hydroxyl groups is 1. The van der Waals surface area contributed by atoms with Gasteiger partial charge in [0, 0.05) is 61.4 Å². The van der Waals surface area contributed by atoms with E-state index in [1.165, 1.54) is 17.1 Å². The minimum absolute atomic E-state index is 0.316. The van der Waals surface area contributed by atoms with Crippen molar-refractivity contribution >= 4 is 33.5 Å². The Balaban J connectivity index is 1.41. The number of rotatable bonds is 5. The van der Waals surface area contributed by atoms with E-state index in [1.807, 2.05) is 23.7 Å². The maximum Gasteiger partial charge on any atom is 0.189 e. The highest BCUT2D eigenvalue weighted by Crippen LogP contribution is 2.29. The van der Waals surface area contributed by atoms with Gasteiger partial charge in [0.05, 0.1) is 0 Å². The van der Waals surface area contributed by atoms with Gasteiger partial charge in [-0.25, -0.2) is 4.98 Å². The van der Waals surface area contributed by atoms with Crippen molar-refractivity contribution in [3.63, 3.8) is 0 Å². The molecule has 0 atom stereocenters. The molecular formula is C21H24N4OS. The Hall–Kier alpha value is -2.73. The molecule has 2 aromatic carbocycles. The molecular weight excluding hydrogens is 356 g/mol. The SMILES string of the molecule is CCN(c1ccc(N2CCN(c3ccc(O)cc3)CC2)cc1)c1nccs1. The Labute approximate surface area is 164 Å². The molecule has 3 aromatic rings. The molecule has 0 unspecified atom stereocenters. The normalized spacial score (nSPS) is 14.4. The summed E-state index contributed by atoms with van der Waals surface area (Å²) in [6.07, 6.45) is 1.85. The lowest BCUT2D eigenvalue weighted by Gasteiger charge is -2.37. The van der Waals surface area contributed by atoms with Crippen LogP contribution in [-0.4, -0.2) is 42.8 Å². The lowest BCUT2D eigenvalue weighted by molar-refractivity contribution is 0.475. The summed E-state index contributed by atoms with van der Waals surface area (Å²) in [6.45, 7) is 6.99. The first-order valence-corrected chi connectivity index (χ1v) is 10.2. The predicted octanol–water partition coefficient (Wildman–Crippen LogP) is 4.33. The molecule has 1 fully saturated rings. The molecule has 1 N–H and O–H groups in total. The fourth-order valence-corrected chi connectivity index (χ4v) is 4.23. The van der Waals surface area contributed by atoms with Crippen molar-refractivity contribution in [1.29, 1.82) is 0 Å². The molecule has 1 saturated heterocycles. The van der Waals surface area contributed by atoms with Crippen LogP contribution in [0.2, 0.25) is 0 Å². The summed E-state index contributed by atoms with van der Waals surface area (Å²) < 4.78 is 0. The Morgan fingerprint density at radius 3 is 1.96 bits per heavy atom. The molecule has 4 rings (SSSR count). The second-order valence-electron chi connectivity index (χ2n) is 6.57. The van der Waals surface area contributed by atoms with Crippen molar-refractivity contribution in [1.82, 2.24) is 4.98 Å². The number of hydrogen-bond donors (Lipinski definition) is 1. The van der Waals surface area contributed by atoms with E-state index < -0.39 is 0 Å². The van der Waals surface area contributed by atoms with Crippen LogP contribution in [0, 0.1) is 0 Å². The third kappa shape index (κ3) is 3.85. The molecule has 0 aliphatic carbocycles. The second-order valence-corrected chi connectivity index (χ2v) is 7.44. The highest BCUT2D eigenvalue weighted by Gasteiger charge is 2.18. The van der Waals surface area contributed by atoms with E-state index in [-0.39, 0.29) is 0 Å². The Bertz CT molecular complexity index is 841. The van der Waals surface area contributed by atoms with Crippen LogP contribution in [0.25, 0.3) is 0 Å². The Morgan fingerprint density at radius 1 is 0.926 bits per heavy atom. The highest BCUT2D eigenvalue weighted by atomic mass is 32.1. The van der Waals surface area contributed by atoms with Gasteiger partial charge in [0.1, 0.15) is 5.75 Å². The third-order valence-electron chi connectivity index (χ3n) is 4.99. The van der Waals surface area contributed by atoms with Gasteiger partial charge in [-0.05, 0) is 55.5 Å². The minimum atomic E-state index is 0.316. The van der Waals surface area contributed by atoms with Gasteiger partial charge in [0.15, 0.2) is 5.13 Å². The number of benzene rings is 2. The molecule has 0 bridgehead atoms. The van der Waals surface area contributed by atoms with E-state index in [0.29, 0.717) is 5.75 Å². The number of phenols is 1. The summed E-state index contributed by atoms with van der Waals surface area (Å²) in [7, 11) is 0. The zero-order valence-corrected chi connectivity index (χ0v) is 16.3. The van der Waals surface area contributed by atoms with Crippen LogP contribution in [-0.2, 0) is 0 Å². The standard InChI is InChI=1S/C21H24N4OS/c1-2-25(21-22-11-16-27-21)19-5-3-17(4-6-19)23-12-14-24(15-13-23)18-7-9-20(26)10-8-18/h3-11,16,26H,2,12-15H2,1H3. The van der Waals surface area contributed by atoms with Gasteiger partial charge in [-0.2, -0.15) is 0 Å². The van der Waals surface area contributed by atoms with E-state index in [9.17, 15) is 5.11 Å². The second kappa shape index (κ2) is 7.88. The maximum atomic E-state index is 9.45. The van der Waals surface area contributed by atoms with Crippen molar-refractivity contribution < 1.29 is 5.11 Å². The van der Waals surface area contributed by atoms with Gasteiger partial charge in [0.25, 0.3) is 0 Å². The van der Waals surface area contributed by atoms with Gasteiger partial charge in [0.2, 0.25) is 0 Å². The number of phenolic OH excluding ortho intramolecular Hbond substituents is 1. The van der Waals surface area contributed by atoms with E-state index in [1.54, 1.807) is 23.5 Å². The van der Waals surface area contributed by atoms with E-state index in [0.717, 1.165) is 37.9 Å². The van der Waals surface area contributed by atoms with Crippen molar-refractivity contribution in [2.75, 3.05) is 47.4 Å². The average molecular weight is 381 g/mol. The summed E-state index contributed by atoms with van der Waals surface area (Å²) in [5, 5.41) is 12.5. The molecule has 0 amide bonds. The van der Waals surface area contributed by atoms with Crippen LogP contribution in [0.4, 0.5) is 22.2 Å². The molecule has 0 spiro atoms. The van der Waals surface area contributed by atoms with Crippen molar-refractivity contribution in [3.05, 3.63) is 60.1 Å². The summed E-state index contributed by atoms with van der Waals surface area (Å²) in [6, 6.07) is 16.3. The summed E-state index contributed by atoms with van der Waals surface area (Å²) in [4.78, 5) is 11.5. The molecule has 0 saturated carbocycles. The lowest BCUT2D eigenvalue weighted by Crippen LogP contribution is -2.46. The number of piperazine rings is 1. The van der Waals surface area contributed by atoms with Crippen LogP contribution < -0.4 is 14.7 Å². The fourth-order valence-electron chi connectivity index (χ4n) is 3.51. The van der Waals surface area contributed by atoms with Gasteiger partial charge in [-0.3, -0.25) is 0 Å². The summed E-state index contributed by atoms with van der Waals surface area (Å²) in [5.74, 6) is 0.316. The number of thiazole rings is 1. The first kappa shape index (κ1) is 17.7. The highest BCUT2D eigenvalue weighted by molar-refractivity contribution is 7.13. The lowest BCUT2D eigenvalue weighted by atomic mass is 10.2. The number of nitrogens with zero attached hydrogens (tertiary/aromatic N) is 4. The van der Waals surface area contributed by atoms with Crippen LogP contribution in [0.15, 0.2) is 60.1 Å². The zero-order chi connectivity index (χ0) is 18.6. The van der Waals surface area contributed by atoms with Crippen LogP contribution in [0.5, 0.6) is 5.75 Å². The average Bonchev–Trinajstić information content (AvgIpc) is 3.24. The van der Waals surface area contributed by atoms with Crippen LogP contribution >= 0.6 is 11.3 Å². The topological polar surface area (TPSA) is 42.8 Å². The third-order valence-corrected chi connectivity index (χ3v) is 5.78. The minimum Gasteiger partial charge on any atom is -0.508 e.